The molecule has 5 nitrogen and oxygen atoms in total. The molecule has 0 aliphatic carbocycles. The second-order valence-electron chi connectivity index (χ2n) is 5.20. The molecule has 0 spiro atoms. The lowest BCUT2D eigenvalue weighted by Gasteiger charge is -2.33. The average Bonchev–Trinajstić information content (AvgIpc) is 2.28. The van der Waals surface area contributed by atoms with Crippen LogP contribution in [0.15, 0.2) is 23.4 Å². The Bertz CT molecular complexity index is 503. The van der Waals surface area contributed by atoms with Crippen molar-refractivity contribution in [3.63, 3.8) is 0 Å². The lowest BCUT2D eigenvalue weighted by molar-refractivity contribution is 0.222. The first-order valence-electron chi connectivity index (χ1n) is 6.11. The van der Waals surface area contributed by atoms with Gasteiger partial charge >= 0.3 is 0 Å². The lowest BCUT2D eigenvalue weighted by Crippen LogP contribution is -2.42. The van der Waals surface area contributed by atoms with Crippen LogP contribution in [0.25, 0.3) is 0 Å². The Morgan fingerprint density at radius 1 is 1.28 bits per heavy atom. The van der Waals surface area contributed by atoms with Gasteiger partial charge in [0.2, 0.25) is 0 Å². The molecular formula is C12H19N3O2S. The van der Waals surface area contributed by atoms with E-state index in [2.05, 4.69) is 18.8 Å². The molecule has 0 radical (unpaired) electrons. The molecule has 1 aromatic rings. The van der Waals surface area contributed by atoms with Gasteiger partial charge in [-0.25, -0.2) is 13.4 Å². The third kappa shape index (κ3) is 2.64. The Morgan fingerprint density at radius 2 is 1.89 bits per heavy atom. The van der Waals surface area contributed by atoms with E-state index >= 15 is 0 Å². The van der Waals surface area contributed by atoms with E-state index in [0.29, 0.717) is 30.6 Å². The van der Waals surface area contributed by atoms with Gasteiger partial charge in [-0.1, -0.05) is 13.8 Å². The van der Waals surface area contributed by atoms with E-state index in [-0.39, 0.29) is 5.03 Å². The number of anilines is 1. The van der Waals surface area contributed by atoms with Gasteiger partial charge in [0, 0.05) is 13.1 Å². The van der Waals surface area contributed by atoms with Crippen molar-refractivity contribution in [1.29, 1.82) is 0 Å². The molecule has 1 fully saturated rings. The van der Waals surface area contributed by atoms with Gasteiger partial charge in [0.25, 0.3) is 10.0 Å². The molecule has 0 aromatic carbocycles. The van der Waals surface area contributed by atoms with Crippen LogP contribution in [0.4, 0.5) is 5.69 Å². The third-order valence-electron chi connectivity index (χ3n) is 3.20. The number of nitrogens with two attached hydrogens (primary N) is 1. The first-order chi connectivity index (χ1) is 8.39. The summed E-state index contributed by atoms with van der Waals surface area (Å²) in [7, 11) is -3.48. The molecule has 2 unspecified atom stereocenters. The van der Waals surface area contributed by atoms with E-state index in [1.54, 1.807) is 6.07 Å². The summed E-state index contributed by atoms with van der Waals surface area (Å²) >= 11 is 0. The van der Waals surface area contributed by atoms with Gasteiger partial charge in [-0.3, -0.25) is 0 Å². The fourth-order valence-corrected chi connectivity index (χ4v) is 4.07. The number of nitrogens with zero attached hydrogens (tertiary/aromatic N) is 2. The number of sulfonamides is 1. The summed E-state index contributed by atoms with van der Waals surface area (Å²) in [6, 6.07) is 3.03. The molecule has 0 bridgehead atoms. The van der Waals surface area contributed by atoms with Crippen molar-refractivity contribution in [2.75, 3.05) is 18.8 Å². The zero-order valence-corrected chi connectivity index (χ0v) is 11.5. The number of hydrogen-bond acceptors (Lipinski definition) is 4. The van der Waals surface area contributed by atoms with E-state index in [4.69, 9.17) is 5.73 Å². The summed E-state index contributed by atoms with van der Waals surface area (Å²) < 4.78 is 26.4. The summed E-state index contributed by atoms with van der Waals surface area (Å²) in [4.78, 5) is 3.92. The van der Waals surface area contributed by atoms with E-state index in [1.165, 1.54) is 16.6 Å². The SMILES string of the molecule is CC1CC(C)CN(S(=O)(=O)c2ccc(N)cn2)C1. The highest BCUT2D eigenvalue weighted by Crippen LogP contribution is 2.25. The Labute approximate surface area is 108 Å². The minimum atomic E-state index is -3.48. The normalized spacial score (nSPS) is 26.1. The third-order valence-corrected chi connectivity index (χ3v) is 4.95. The number of rotatable bonds is 2. The van der Waals surface area contributed by atoms with Crippen LogP contribution in [-0.4, -0.2) is 30.8 Å². The molecule has 1 saturated heterocycles. The molecule has 0 amide bonds. The molecule has 1 aromatic heterocycles. The summed E-state index contributed by atoms with van der Waals surface area (Å²) in [6.07, 6.45) is 2.45. The first kappa shape index (κ1) is 13.3. The van der Waals surface area contributed by atoms with Crippen LogP contribution >= 0.6 is 0 Å². The maximum atomic E-state index is 12.4. The Kier molecular flexibility index (Phi) is 3.59. The Balaban J connectivity index is 2.28. The largest absolute Gasteiger partial charge is 0.397 e. The van der Waals surface area contributed by atoms with Crippen molar-refractivity contribution < 1.29 is 8.42 Å². The van der Waals surface area contributed by atoms with Crippen LogP contribution in [0.3, 0.4) is 0 Å². The number of aromatic nitrogens is 1. The van der Waals surface area contributed by atoms with Crippen LogP contribution in [0, 0.1) is 11.8 Å². The van der Waals surface area contributed by atoms with Crippen molar-refractivity contribution in [3.05, 3.63) is 18.3 Å². The smallest absolute Gasteiger partial charge is 0.260 e. The van der Waals surface area contributed by atoms with Crippen LogP contribution in [0.5, 0.6) is 0 Å². The molecule has 2 rings (SSSR count). The van der Waals surface area contributed by atoms with E-state index in [0.717, 1.165) is 6.42 Å². The van der Waals surface area contributed by atoms with Gasteiger partial charge in [-0.15, -0.1) is 0 Å². The zero-order chi connectivity index (χ0) is 13.3. The fraction of sp³-hybridized carbons (Fsp3) is 0.583. The molecule has 100 valence electrons. The molecule has 2 atom stereocenters. The number of hydrogen-bond donors (Lipinski definition) is 1. The highest BCUT2D eigenvalue weighted by atomic mass is 32.2. The van der Waals surface area contributed by atoms with E-state index in [1.807, 2.05) is 0 Å². The number of nitrogen functional groups attached to an aromatic ring is 1. The topological polar surface area (TPSA) is 76.3 Å². The minimum Gasteiger partial charge on any atom is -0.397 e. The van der Waals surface area contributed by atoms with Crippen LogP contribution in [-0.2, 0) is 10.0 Å². The predicted molar refractivity (Wildman–Crippen MR) is 70.4 cm³/mol. The zero-order valence-electron chi connectivity index (χ0n) is 10.7. The van der Waals surface area contributed by atoms with Gasteiger partial charge in [0.1, 0.15) is 0 Å². The molecule has 18 heavy (non-hydrogen) atoms. The summed E-state index contributed by atoms with van der Waals surface area (Å²) in [5.74, 6) is 0.773. The summed E-state index contributed by atoms with van der Waals surface area (Å²) in [5, 5.41) is 0.0815. The van der Waals surface area contributed by atoms with Gasteiger partial charge in [-0.2, -0.15) is 4.31 Å². The van der Waals surface area contributed by atoms with Crippen molar-refractivity contribution >= 4 is 15.7 Å². The molecule has 1 aliphatic rings. The fourth-order valence-electron chi connectivity index (χ4n) is 2.48. The highest BCUT2D eigenvalue weighted by molar-refractivity contribution is 7.89. The van der Waals surface area contributed by atoms with Crippen LogP contribution in [0.1, 0.15) is 20.3 Å². The quantitative estimate of drug-likeness (QED) is 0.878. The molecule has 1 aliphatic heterocycles. The van der Waals surface area contributed by atoms with Gasteiger partial charge in [0.05, 0.1) is 11.9 Å². The van der Waals surface area contributed by atoms with Crippen molar-refractivity contribution in [1.82, 2.24) is 9.29 Å². The van der Waals surface area contributed by atoms with E-state index < -0.39 is 10.0 Å². The van der Waals surface area contributed by atoms with E-state index in [9.17, 15) is 8.42 Å². The van der Waals surface area contributed by atoms with Crippen molar-refractivity contribution in [2.45, 2.75) is 25.3 Å². The first-order valence-corrected chi connectivity index (χ1v) is 7.55. The summed E-state index contributed by atoms with van der Waals surface area (Å²) in [5.41, 5.74) is 5.99. The molecular weight excluding hydrogens is 250 g/mol. The molecule has 6 heteroatoms. The Morgan fingerprint density at radius 3 is 2.39 bits per heavy atom. The van der Waals surface area contributed by atoms with Crippen LogP contribution in [0.2, 0.25) is 0 Å². The second kappa shape index (κ2) is 4.85. The average molecular weight is 269 g/mol. The maximum Gasteiger partial charge on any atom is 0.260 e. The predicted octanol–water partition coefficient (Wildman–Crippen LogP) is 1.33. The molecule has 0 saturated carbocycles. The minimum absolute atomic E-state index is 0.0815. The van der Waals surface area contributed by atoms with Gasteiger partial charge in [0.15, 0.2) is 5.03 Å². The highest BCUT2D eigenvalue weighted by Gasteiger charge is 2.32. The number of piperidine rings is 1. The molecule has 2 heterocycles. The summed E-state index contributed by atoms with van der Waals surface area (Å²) in [6.45, 7) is 5.29. The lowest BCUT2D eigenvalue weighted by atomic mass is 9.94. The monoisotopic (exact) mass is 269 g/mol. The number of pyridine rings is 1. The van der Waals surface area contributed by atoms with Crippen molar-refractivity contribution in [3.8, 4) is 0 Å². The standard InChI is InChI=1S/C12H19N3O2S/c1-9-5-10(2)8-15(7-9)18(16,17)12-4-3-11(13)6-14-12/h3-4,6,9-10H,5,7-8,13H2,1-2H3. The molecule has 2 N–H and O–H groups in total. The Hall–Kier alpha value is -1.14. The van der Waals surface area contributed by atoms with Crippen molar-refractivity contribution in [2.24, 2.45) is 11.8 Å². The van der Waals surface area contributed by atoms with Gasteiger partial charge < -0.3 is 5.73 Å². The van der Waals surface area contributed by atoms with Gasteiger partial charge in [-0.05, 0) is 30.4 Å². The second-order valence-corrected chi connectivity index (χ2v) is 7.08. The maximum absolute atomic E-state index is 12.4. The van der Waals surface area contributed by atoms with Crippen LogP contribution < -0.4 is 5.73 Å².